The zero-order valence-electron chi connectivity index (χ0n) is 14.0. The first-order chi connectivity index (χ1) is 10.7. The summed E-state index contributed by atoms with van der Waals surface area (Å²) < 4.78 is 5.41. The highest BCUT2D eigenvalue weighted by Gasteiger charge is 2.32. The summed E-state index contributed by atoms with van der Waals surface area (Å²) in [5.41, 5.74) is 7.88. The van der Waals surface area contributed by atoms with Crippen LogP contribution in [-0.4, -0.2) is 19.1 Å². The number of hydrogen-bond donors (Lipinski definition) is 2. The Balaban J connectivity index is 0.00000264. The molecule has 5 heteroatoms. The van der Waals surface area contributed by atoms with Crippen molar-refractivity contribution in [1.29, 1.82) is 0 Å². The first-order valence-corrected chi connectivity index (χ1v) is 8.34. The molecule has 4 nitrogen and oxygen atoms in total. The van der Waals surface area contributed by atoms with E-state index in [1.165, 1.54) is 19.3 Å². The van der Waals surface area contributed by atoms with E-state index >= 15 is 0 Å². The van der Waals surface area contributed by atoms with Gasteiger partial charge < -0.3 is 15.8 Å². The second kappa shape index (κ2) is 9.91. The topological polar surface area (TPSA) is 64.3 Å². The van der Waals surface area contributed by atoms with Crippen LogP contribution in [0.2, 0.25) is 0 Å². The fourth-order valence-corrected chi connectivity index (χ4v) is 3.26. The van der Waals surface area contributed by atoms with Crippen molar-refractivity contribution in [3.05, 3.63) is 29.8 Å². The number of carbonyl (C=O) groups excluding carboxylic acids is 1. The third-order valence-electron chi connectivity index (χ3n) is 4.57. The lowest BCUT2D eigenvalue weighted by Crippen LogP contribution is -2.36. The highest BCUT2D eigenvalue weighted by molar-refractivity contribution is 5.91. The second-order valence-corrected chi connectivity index (χ2v) is 6.33. The maximum atomic E-state index is 12.4. The molecule has 0 aromatic heterocycles. The summed E-state index contributed by atoms with van der Waals surface area (Å²) in [5, 5.41) is 3.02. The molecule has 1 aromatic carbocycles. The standard InChI is InChI=1S/C18H28N2O2.ClH/c1-2-22-13-15-7-6-8-16(11-15)20-17(21)12-18(14-19)9-4-3-5-10-18;/h6-8,11H,2-5,9-10,12-14,19H2,1H3,(H,20,21);1H. The van der Waals surface area contributed by atoms with Crippen molar-refractivity contribution >= 4 is 24.0 Å². The van der Waals surface area contributed by atoms with Crippen molar-refractivity contribution in [2.75, 3.05) is 18.5 Å². The molecule has 1 fully saturated rings. The number of amides is 1. The van der Waals surface area contributed by atoms with Crippen molar-refractivity contribution < 1.29 is 9.53 Å². The van der Waals surface area contributed by atoms with E-state index in [4.69, 9.17) is 10.5 Å². The Morgan fingerprint density at radius 2 is 2.04 bits per heavy atom. The Kier molecular flexibility index (Phi) is 8.59. The molecular weight excluding hydrogens is 312 g/mol. The first kappa shape index (κ1) is 19.9. The summed E-state index contributed by atoms with van der Waals surface area (Å²) in [5.74, 6) is 0.0703. The average molecular weight is 341 g/mol. The van der Waals surface area contributed by atoms with Gasteiger partial charge in [0.15, 0.2) is 0 Å². The Morgan fingerprint density at radius 1 is 1.30 bits per heavy atom. The van der Waals surface area contributed by atoms with Gasteiger partial charge in [0.05, 0.1) is 6.61 Å². The third-order valence-corrected chi connectivity index (χ3v) is 4.57. The second-order valence-electron chi connectivity index (χ2n) is 6.33. The number of ether oxygens (including phenoxy) is 1. The Bertz CT molecular complexity index is 488. The van der Waals surface area contributed by atoms with Gasteiger partial charge in [0.2, 0.25) is 5.91 Å². The van der Waals surface area contributed by atoms with E-state index in [0.29, 0.717) is 26.2 Å². The molecule has 0 radical (unpaired) electrons. The first-order valence-electron chi connectivity index (χ1n) is 8.34. The molecule has 0 unspecified atom stereocenters. The molecule has 0 heterocycles. The van der Waals surface area contributed by atoms with E-state index in [2.05, 4.69) is 5.32 Å². The van der Waals surface area contributed by atoms with Gasteiger partial charge in [0.25, 0.3) is 0 Å². The molecule has 0 saturated heterocycles. The number of nitrogens with two attached hydrogens (primary N) is 1. The van der Waals surface area contributed by atoms with Gasteiger partial charge in [-0.25, -0.2) is 0 Å². The largest absolute Gasteiger partial charge is 0.377 e. The molecule has 1 aliphatic rings. The monoisotopic (exact) mass is 340 g/mol. The lowest BCUT2D eigenvalue weighted by Gasteiger charge is -2.35. The van der Waals surface area contributed by atoms with Gasteiger partial charge in [0.1, 0.15) is 0 Å². The molecule has 2 rings (SSSR count). The van der Waals surface area contributed by atoms with Gasteiger partial charge in [-0.2, -0.15) is 0 Å². The Morgan fingerprint density at radius 3 is 2.70 bits per heavy atom. The lowest BCUT2D eigenvalue weighted by molar-refractivity contribution is -0.118. The normalized spacial score (nSPS) is 16.4. The van der Waals surface area contributed by atoms with E-state index in [0.717, 1.165) is 24.1 Å². The third kappa shape index (κ3) is 6.13. The van der Waals surface area contributed by atoms with Crippen LogP contribution in [0, 0.1) is 5.41 Å². The maximum Gasteiger partial charge on any atom is 0.224 e. The number of carbonyl (C=O) groups is 1. The van der Waals surface area contributed by atoms with Gasteiger partial charge in [0, 0.05) is 18.7 Å². The van der Waals surface area contributed by atoms with Crippen LogP contribution in [0.15, 0.2) is 24.3 Å². The molecule has 1 aliphatic carbocycles. The van der Waals surface area contributed by atoms with Gasteiger partial charge in [-0.1, -0.05) is 31.4 Å². The molecule has 23 heavy (non-hydrogen) atoms. The predicted octanol–water partition coefficient (Wildman–Crippen LogP) is 3.88. The SMILES string of the molecule is CCOCc1cccc(NC(=O)CC2(CN)CCCCC2)c1.Cl. The number of halogens is 1. The molecular formula is C18H29ClN2O2. The zero-order valence-corrected chi connectivity index (χ0v) is 14.8. The van der Waals surface area contributed by atoms with E-state index in [1.807, 2.05) is 31.2 Å². The number of anilines is 1. The van der Waals surface area contributed by atoms with Crippen LogP contribution in [-0.2, 0) is 16.1 Å². The Labute approximate surface area is 145 Å². The van der Waals surface area contributed by atoms with Crippen LogP contribution in [0.3, 0.4) is 0 Å². The Hall–Kier alpha value is -1.10. The van der Waals surface area contributed by atoms with Crippen LogP contribution in [0.1, 0.15) is 51.0 Å². The highest BCUT2D eigenvalue weighted by Crippen LogP contribution is 2.38. The molecule has 3 N–H and O–H groups in total. The summed E-state index contributed by atoms with van der Waals surface area (Å²) in [6, 6.07) is 7.85. The van der Waals surface area contributed by atoms with Gasteiger partial charge in [-0.3, -0.25) is 4.79 Å². The number of benzene rings is 1. The minimum Gasteiger partial charge on any atom is -0.377 e. The summed E-state index contributed by atoms with van der Waals surface area (Å²) in [4.78, 5) is 12.4. The van der Waals surface area contributed by atoms with E-state index in [1.54, 1.807) is 0 Å². The van der Waals surface area contributed by atoms with Crippen LogP contribution < -0.4 is 11.1 Å². The minimum atomic E-state index is 0. The van der Waals surface area contributed by atoms with Crippen molar-refractivity contribution in [1.82, 2.24) is 0 Å². The fourth-order valence-electron chi connectivity index (χ4n) is 3.26. The number of hydrogen-bond acceptors (Lipinski definition) is 3. The van der Waals surface area contributed by atoms with Crippen LogP contribution in [0.4, 0.5) is 5.69 Å². The van der Waals surface area contributed by atoms with Crippen molar-refractivity contribution in [2.45, 2.75) is 52.1 Å². The van der Waals surface area contributed by atoms with E-state index in [9.17, 15) is 4.79 Å². The van der Waals surface area contributed by atoms with Crippen molar-refractivity contribution in [3.63, 3.8) is 0 Å². The molecule has 0 atom stereocenters. The molecule has 1 saturated carbocycles. The molecule has 0 bridgehead atoms. The molecule has 0 spiro atoms. The van der Waals surface area contributed by atoms with Gasteiger partial charge in [-0.05, 0) is 49.4 Å². The average Bonchev–Trinajstić information content (AvgIpc) is 2.54. The molecule has 1 amide bonds. The predicted molar refractivity (Wildman–Crippen MR) is 96.8 cm³/mol. The van der Waals surface area contributed by atoms with Crippen LogP contribution in [0.5, 0.6) is 0 Å². The van der Waals surface area contributed by atoms with E-state index < -0.39 is 0 Å². The maximum absolute atomic E-state index is 12.4. The minimum absolute atomic E-state index is 0. The number of nitrogens with one attached hydrogen (secondary N) is 1. The fraction of sp³-hybridized carbons (Fsp3) is 0.611. The summed E-state index contributed by atoms with van der Waals surface area (Å²) in [7, 11) is 0. The van der Waals surface area contributed by atoms with Crippen LogP contribution >= 0.6 is 12.4 Å². The smallest absolute Gasteiger partial charge is 0.224 e. The van der Waals surface area contributed by atoms with E-state index in [-0.39, 0.29) is 23.7 Å². The number of rotatable bonds is 7. The molecule has 130 valence electrons. The summed E-state index contributed by atoms with van der Waals surface area (Å²) in [6.45, 7) is 3.84. The van der Waals surface area contributed by atoms with Crippen molar-refractivity contribution in [2.24, 2.45) is 11.1 Å². The highest BCUT2D eigenvalue weighted by atomic mass is 35.5. The van der Waals surface area contributed by atoms with Gasteiger partial charge in [-0.15, -0.1) is 12.4 Å². The lowest BCUT2D eigenvalue weighted by atomic mass is 9.71. The summed E-state index contributed by atoms with van der Waals surface area (Å²) in [6.07, 6.45) is 6.31. The quantitative estimate of drug-likeness (QED) is 0.791. The van der Waals surface area contributed by atoms with Crippen LogP contribution in [0.25, 0.3) is 0 Å². The zero-order chi connectivity index (χ0) is 15.8. The van der Waals surface area contributed by atoms with Gasteiger partial charge >= 0.3 is 0 Å². The summed E-state index contributed by atoms with van der Waals surface area (Å²) >= 11 is 0. The van der Waals surface area contributed by atoms with Crippen molar-refractivity contribution in [3.8, 4) is 0 Å². The molecule has 1 aromatic rings. The molecule has 0 aliphatic heterocycles.